The zero-order valence-electron chi connectivity index (χ0n) is 13.5. The molecule has 22 heavy (non-hydrogen) atoms. The number of aromatic nitrogens is 1. The summed E-state index contributed by atoms with van der Waals surface area (Å²) in [5.74, 6) is 0.227. The average molecular weight is 306 g/mol. The molecule has 1 aromatic heterocycles. The Kier molecular flexibility index (Phi) is 5.77. The summed E-state index contributed by atoms with van der Waals surface area (Å²) < 4.78 is 1.68. The van der Waals surface area contributed by atoms with Gasteiger partial charge in [0.2, 0.25) is 0 Å². The second kappa shape index (κ2) is 7.58. The molecule has 5 nitrogen and oxygen atoms in total. The molecule has 1 atom stereocenters. The van der Waals surface area contributed by atoms with Crippen molar-refractivity contribution in [2.45, 2.75) is 51.5 Å². The van der Waals surface area contributed by atoms with Crippen LogP contribution in [0.1, 0.15) is 66.3 Å². The number of Topliss-reactive ketones (excluding diaryl/α,β-unsaturated/α-hetero) is 1. The second-order valence-corrected chi connectivity index (χ2v) is 6.27. The lowest BCUT2D eigenvalue weighted by Crippen LogP contribution is -2.42. The number of hydrogen-bond donors (Lipinski definition) is 2. The molecule has 0 aliphatic heterocycles. The molecule has 1 heterocycles. The van der Waals surface area contributed by atoms with Crippen LogP contribution >= 0.6 is 0 Å². The number of ketones is 1. The van der Waals surface area contributed by atoms with Gasteiger partial charge in [0.15, 0.2) is 5.78 Å². The van der Waals surface area contributed by atoms with Gasteiger partial charge < -0.3 is 15.0 Å². The summed E-state index contributed by atoms with van der Waals surface area (Å²) in [6.45, 7) is 1.57. The van der Waals surface area contributed by atoms with Crippen LogP contribution in [0.25, 0.3) is 0 Å². The topological polar surface area (TPSA) is 71.3 Å². The highest BCUT2D eigenvalue weighted by molar-refractivity contribution is 5.99. The van der Waals surface area contributed by atoms with Gasteiger partial charge in [0, 0.05) is 31.5 Å². The van der Waals surface area contributed by atoms with E-state index in [0.29, 0.717) is 23.6 Å². The van der Waals surface area contributed by atoms with Crippen LogP contribution in [0.3, 0.4) is 0 Å². The first-order chi connectivity index (χ1) is 10.5. The van der Waals surface area contributed by atoms with Gasteiger partial charge in [-0.3, -0.25) is 9.59 Å². The van der Waals surface area contributed by atoms with Crippen LogP contribution in [0.4, 0.5) is 0 Å². The number of amides is 1. The monoisotopic (exact) mass is 306 g/mol. The van der Waals surface area contributed by atoms with Crippen LogP contribution in [0.2, 0.25) is 0 Å². The third-order valence-corrected chi connectivity index (χ3v) is 4.62. The summed E-state index contributed by atoms with van der Waals surface area (Å²) in [5, 5.41) is 12.3. The van der Waals surface area contributed by atoms with E-state index in [1.54, 1.807) is 23.9 Å². The van der Waals surface area contributed by atoms with Crippen LogP contribution in [0.15, 0.2) is 12.3 Å². The van der Waals surface area contributed by atoms with E-state index in [9.17, 15) is 14.7 Å². The molecule has 122 valence electrons. The summed E-state index contributed by atoms with van der Waals surface area (Å²) in [5.41, 5.74) is 1.04. The Morgan fingerprint density at radius 3 is 2.59 bits per heavy atom. The van der Waals surface area contributed by atoms with Crippen LogP contribution in [-0.2, 0) is 7.05 Å². The highest BCUT2D eigenvalue weighted by Crippen LogP contribution is 2.28. The van der Waals surface area contributed by atoms with Gasteiger partial charge in [-0.1, -0.05) is 19.3 Å². The number of aryl methyl sites for hydroxylation is 1. The first-order valence-corrected chi connectivity index (χ1v) is 8.12. The number of hydrogen-bond acceptors (Lipinski definition) is 3. The van der Waals surface area contributed by atoms with E-state index in [4.69, 9.17) is 0 Å². The molecule has 5 heteroatoms. The van der Waals surface area contributed by atoms with Crippen molar-refractivity contribution in [2.24, 2.45) is 13.0 Å². The number of carbonyl (C=O) groups excluding carboxylic acids is 2. The lowest BCUT2D eigenvalue weighted by molar-refractivity contribution is 0.0891. The summed E-state index contributed by atoms with van der Waals surface area (Å²) in [7, 11) is 1.77. The molecule has 1 aromatic rings. The molecular weight excluding hydrogens is 280 g/mol. The smallest absolute Gasteiger partial charge is 0.268 e. The van der Waals surface area contributed by atoms with Gasteiger partial charge in [0.05, 0.1) is 0 Å². The molecule has 1 saturated carbocycles. The number of aliphatic hydroxyl groups is 1. The molecule has 0 spiro atoms. The van der Waals surface area contributed by atoms with Crippen molar-refractivity contribution in [2.75, 3.05) is 6.61 Å². The number of nitrogens with one attached hydrogen (secondary N) is 1. The summed E-state index contributed by atoms with van der Waals surface area (Å²) in [4.78, 5) is 23.9. The minimum absolute atomic E-state index is 0.00785. The van der Waals surface area contributed by atoms with E-state index in [-0.39, 0.29) is 24.3 Å². The summed E-state index contributed by atoms with van der Waals surface area (Å²) in [6.07, 6.45) is 8.13. The Balaban J connectivity index is 2.08. The van der Waals surface area contributed by atoms with Gasteiger partial charge in [0.25, 0.3) is 5.91 Å². The Hall–Kier alpha value is -1.62. The fourth-order valence-electron chi connectivity index (χ4n) is 3.33. The molecule has 0 bridgehead atoms. The van der Waals surface area contributed by atoms with Gasteiger partial charge >= 0.3 is 0 Å². The summed E-state index contributed by atoms with van der Waals surface area (Å²) in [6, 6.07) is 1.64. The molecule has 0 aromatic carbocycles. The van der Waals surface area contributed by atoms with Gasteiger partial charge in [0.1, 0.15) is 5.69 Å². The van der Waals surface area contributed by atoms with Gasteiger partial charge in [-0.15, -0.1) is 0 Å². The molecule has 1 unspecified atom stereocenters. The number of aliphatic hydroxyl groups excluding tert-OH is 1. The zero-order chi connectivity index (χ0) is 16.1. The standard InChI is InChI=1S/C17H26N2O3/c1-12(21)14-10-16(19(2)11-14)17(22)18-15(8-9-20)13-6-4-3-5-7-13/h10-11,13,15,20H,3-9H2,1-2H3,(H,18,22). The van der Waals surface area contributed by atoms with Crippen molar-refractivity contribution < 1.29 is 14.7 Å². The van der Waals surface area contributed by atoms with Crippen LogP contribution in [-0.4, -0.2) is 34.0 Å². The SMILES string of the molecule is CC(=O)c1cc(C(=O)NC(CCO)C2CCCCC2)n(C)c1. The molecular formula is C17H26N2O3. The normalized spacial score (nSPS) is 17.2. The first kappa shape index (κ1) is 16.7. The van der Waals surface area contributed by atoms with Crippen molar-refractivity contribution in [3.05, 3.63) is 23.5 Å². The maximum absolute atomic E-state index is 12.5. The number of nitrogens with zero attached hydrogens (tertiary/aromatic N) is 1. The van der Waals surface area contributed by atoms with Gasteiger partial charge in [-0.05, 0) is 38.2 Å². The Bertz CT molecular complexity index is 530. The Morgan fingerprint density at radius 1 is 1.36 bits per heavy atom. The average Bonchev–Trinajstić information content (AvgIpc) is 2.90. The van der Waals surface area contributed by atoms with Crippen molar-refractivity contribution >= 4 is 11.7 Å². The molecule has 2 N–H and O–H groups in total. The quantitative estimate of drug-likeness (QED) is 0.792. The largest absolute Gasteiger partial charge is 0.396 e. The Labute approximate surface area is 131 Å². The predicted octanol–water partition coefficient (Wildman–Crippen LogP) is 2.29. The predicted molar refractivity (Wildman–Crippen MR) is 84.9 cm³/mol. The lowest BCUT2D eigenvalue weighted by Gasteiger charge is -2.30. The summed E-state index contributed by atoms with van der Waals surface area (Å²) >= 11 is 0. The molecule has 2 rings (SSSR count). The zero-order valence-corrected chi connectivity index (χ0v) is 13.5. The Morgan fingerprint density at radius 2 is 2.05 bits per heavy atom. The lowest BCUT2D eigenvalue weighted by atomic mass is 9.82. The number of carbonyl (C=O) groups is 2. The van der Waals surface area contributed by atoms with E-state index in [0.717, 1.165) is 12.8 Å². The fourth-order valence-corrected chi connectivity index (χ4v) is 3.33. The van der Waals surface area contributed by atoms with Gasteiger partial charge in [-0.25, -0.2) is 0 Å². The minimum Gasteiger partial charge on any atom is -0.396 e. The molecule has 0 saturated heterocycles. The van der Waals surface area contributed by atoms with Crippen molar-refractivity contribution in [3.63, 3.8) is 0 Å². The fraction of sp³-hybridized carbons (Fsp3) is 0.647. The van der Waals surface area contributed by atoms with Crippen molar-refractivity contribution in [3.8, 4) is 0 Å². The van der Waals surface area contributed by atoms with E-state index >= 15 is 0 Å². The number of rotatable bonds is 6. The van der Waals surface area contributed by atoms with E-state index in [1.165, 1.54) is 26.2 Å². The van der Waals surface area contributed by atoms with Crippen LogP contribution in [0, 0.1) is 5.92 Å². The maximum atomic E-state index is 12.5. The van der Waals surface area contributed by atoms with E-state index in [1.807, 2.05) is 0 Å². The molecule has 0 radical (unpaired) electrons. The maximum Gasteiger partial charge on any atom is 0.268 e. The van der Waals surface area contributed by atoms with Crippen molar-refractivity contribution in [1.82, 2.24) is 9.88 Å². The minimum atomic E-state index is -0.168. The first-order valence-electron chi connectivity index (χ1n) is 8.12. The van der Waals surface area contributed by atoms with Crippen LogP contribution < -0.4 is 5.32 Å². The molecule has 1 aliphatic rings. The van der Waals surface area contributed by atoms with Gasteiger partial charge in [-0.2, -0.15) is 0 Å². The highest BCUT2D eigenvalue weighted by atomic mass is 16.3. The van der Waals surface area contributed by atoms with E-state index in [2.05, 4.69) is 5.32 Å². The highest BCUT2D eigenvalue weighted by Gasteiger charge is 2.26. The molecule has 1 aliphatic carbocycles. The molecule has 1 amide bonds. The van der Waals surface area contributed by atoms with Crippen LogP contribution in [0.5, 0.6) is 0 Å². The third-order valence-electron chi connectivity index (χ3n) is 4.62. The van der Waals surface area contributed by atoms with E-state index < -0.39 is 0 Å². The van der Waals surface area contributed by atoms with Crippen molar-refractivity contribution in [1.29, 1.82) is 0 Å². The molecule has 1 fully saturated rings. The third kappa shape index (κ3) is 3.97. The second-order valence-electron chi connectivity index (χ2n) is 6.27.